The van der Waals surface area contributed by atoms with Gasteiger partial charge < -0.3 is 10.1 Å². The quantitative estimate of drug-likeness (QED) is 0.747. The Morgan fingerprint density at radius 3 is 3.14 bits per heavy atom. The fourth-order valence-corrected chi connectivity index (χ4v) is 2.21. The zero-order valence-electron chi connectivity index (χ0n) is 7.45. The molecule has 0 saturated carbocycles. The highest BCUT2D eigenvalue weighted by Crippen LogP contribution is 2.31. The van der Waals surface area contributed by atoms with Crippen LogP contribution in [0.25, 0.3) is 0 Å². The summed E-state index contributed by atoms with van der Waals surface area (Å²) in [6.07, 6.45) is 1.32. The Bertz CT molecular complexity index is 390. The second-order valence-corrected chi connectivity index (χ2v) is 4.06. The van der Waals surface area contributed by atoms with Gasteiger partial charge in [0.05, 0.1) is 11.4 Å². The lowest BCUT2D eigenvalue weighted by Crippen LogP contribution is -2.18. The van der Waals surface area contributed by atoms with Gasteiger partial charge in [-0.1, -0.05) is 6.07 Å². The van der Waals surface area contributed by atoms with Gasteiger partial charge in [-0.25, -0.2) is 0 Å². The molecule has 1 aromatic rings. The lowest BCUT2D eigenvalue weighted by atomic mass is 10.1. The van der Waals surface area contributed by atoms with Crippen molar-refractivity contribution in [3.63, 3.8) is 0 Å². The summed E-state index contributed by atoms with van der Waals surface area (Å²) in [7, 11) is 0. The SMILES string of the molecule is O=CCc1ccc2c(c1)SCC(=O)N2. The van der Waals surface area contributed by atoms with Gasteiger partial charge in [-0.15, -0.1) is 11.8 Å². The number of anilines is 1. The maximum Gasteiger partial charge on any atom is 0.234 e. The molecular weight excluding hydrogens is 198 g/mol. The molecule has 0 unspecified atom stereocenters. The Hall–Kier alpha value is -1.29. The Labute approximate surface area is 85.9 Å². The first-order chi connectivity index (χ1) is 6.79. The molecule has 0 radical (unpaired) electrons. The Morgan fingerprint density at radius 1 is 1.50 bits per heavy atom. The molecule has 0 spiro atoms. The van der Waals surface area contributed by atoms with Crippen LogP contribution in [0.4, 0.5) is 5.69 Å². The molecule has 1 N–H and O–H groups in total. The second kappa shape index (κ2) is 3.84. The predicted molar refractivity (Wildman–Crippen MR) is 55.6 cm³/mol. The van der Waals surface area contributed by atoms with Crippen LogP contribution in [0.15, 0.2) is 23.1 Å². The zero-order chi connectivity index (χ0) is 9.97. The summed E-state index contributed by atoms with van der Waals surface area (Å²) in [5.41, 5.74) is 1.84. The van der Waals surface area contributed by atoms with Crippen LogP contribution in [-0.2, 0) is 16.0 Å². The molecule has 72 valence electrons. The van der Waals surface area contributed by atoms with E-state index in [0.717, 1.165) is 22.4 Å². The maximum atomic E-state index is 11.0. The van der Waals surface area contributed by atoms with E-state index in [-0.39, 0.29) is 5.91 Å². The summed E-state index contributed by atoms with van der Waals surface area (Å²) in [6.45, 7) is 0. The molecule has 0 aromatic heterocycles. The Kier molecular flexibility index (Phi) is 2.54. The van der Waals surface area contributed by atoms with E-state index in [2.05, 4.69) is 5.32 Å². The van der Waals surface area contributed by atoms with Crippen molar-refractivity contribution in [3.05, 3.63) is 23.8 Å². The summed E-state index contributed by atoms with van der Waals surface area (Å²) >= 11 is 1.51. The van der Waals surface area contributed by atoms with Crippen molar-refractivity contribution in [2.24, 2.45) is 0 Å². The lowest BCUT2D eigenvalue weighted by Gasteiger charge is -2.16. The first kappa shape index (κ1) is 9.27. The number of aldehydes is 1. The molecule has 1 aliphatic rings. The number of hydrogen-bond donors (Lipinski definition) is 1. The smallest absolute Gasteiger partial charge is 0.234 e. The number of fused-ring (bicyclic) bond motifs is 1. The zero-order valence-corrected chi connectivity index (χ0v) is 8.26. The molecule has 0 atom stereocenters. The van der Waals surface area contributed by atoms with Crippen LogP contribution in [0, 0.1) is 0 Å². The van der Waals surface area contributed by atoms with Crippen LogP contribution in [0.2, 0.25) is 0 Å². The van der Waals surface area contributed by atoms with Gasteiger partial charge in [0, 0.05) is 11.3 Å². The molecule has 0 bridgehead atoms. The number of rotatable bonds is 2. The molecule has 0 saturated heterocycles. The molecule has 2 rings (SSSR count). The Morgan fingerprint density at radius 2 is 2.36 bits per heavy atom. The first-order valence-corrected chi connectivity index (χ1v) is 5.27. The number of benzene rings is 1. The third-order valence-corrected chi connectivity index (χ3v) is 3.05. The number of carbonyl (C=O) groups is 2. The van der Waals surface area contributed by atoms with Gasteiger partial charge in [0.15, 0.2) is 0 Å². The molecule has 1 aromatic carbocycles. The van der Waals surface area contributed by atoms with E-state index in [4.69, 9.17) is 0 Å². The molecule has 4 heteroatoms. The molecular formula is C10H9NO2S. The van der Waals surface area contributed by atoms with Crippen LogP contribution >= 0.6 is 11.8 Å². The maximum absolute atomic E-state index is 11.0. The number of amides is 1. The molecule has 1 heterocycles. The van der Waals surface area contributed by atoms with E-state index in [9.17, 15) is 9.59 Å². The van der Waals surface area contributed by atoms with Crippen molar-refractivity contribution >= 4 is 29.6 Å². The molecule has 1 aliphatic heterocycles. The normalized spacial score (nSPS) is 14.4. The van der Waals surface area contributed by atoms with E-state index < -0.39 is 0 Å². The van der Waals surface area contributed by atoms with E-state index in [1.807, 2.05) is 18.2 Å². The summed E-state index contributed by atoms with van der Waals surface area (Å²) < 4.78 is 0. The van der Waals surface area contributed by atoms with Gasteiger partial charge >= 0.3 is 0 Å². The third-order valence-electron chi connectivity index (χ3n) is 2.00. The van der Waals surface area contributed by atoms with Crippen molar-refractivity contribution in [2.75, 3.05) is 11.1 Å². The second-order valence-electron chi connectivity index (χ2n) is 3.04. The van der Waals surface area contributed by atoms with Gasteiger partial charge in [-0.3, -0.25) is 4.79 Å². The monoisotopic (exact) mass is 207 g/mol. The molecule has 0 aliphatic carbocycles. The van der Waals surface area contributed by atoms with Crippen molar-refractivity contribution < 1.29 is 9.59 Å². The average Bonchev–Trinajstić information content (AvgIpc) is 2.19. The van der Waals surface area contributed by atoms with Gasteiger partial charge in [0.2, 0.25) is 5.91 Å². The number of carbonyl (C=O) groups excluding carboxylic acids is 2. The summed E-state index contributed by atoms with van der Waals surface area (Å²) in [5.74, 6) is 0.489. The number of nitrogens with one attached hydrogen (secondary N) is 1. The van der Waals surface area contributed by atoms with E-state index in [1.54, 1.807) is 0 Å². The highest BCUT2D eigenvalue weighted by Gasteiger charge is 2.14. The van der Waals surface area contributed by atoms with Crippen molar-refractivity contribution in [1.82, 2.24) is 0 Å². The van der Waals surface area contributed by atoms with Crippen LogP contribution in [0.3, 0.4) is 0 Å². The molecule has 1 amide bonds. The summed E-state index contributed by atoms with van der Waals surface area (Å²) in [6, 6.07) is 5.66. The first-order valence-electron chi connectivity index (χ1n) is 4.29. The average molecular weight is 207 g/mol. The van der Waals surface area contributed by atoms with Crippen molar-refractivity contribution in [1.29, 1.82) is 0 Å². The largest absolute Gasteiger partial charge is 0.324 e. The summed E-state index contributed by atoms with van der Waals surface area (Å²) in [4.78, 5) is 22.4. The fourth-order valence-electron chi connectivity index (χ4n) is 1.34. The van der Waals surface area contributed by atoms with Gasteiger partial charge in [-0.2, -0.15) is 0 Å². The Balaban J connectivity index is 2.31. The standard InChI is InChI=1S/C10H9NO2S/c12-4-3-7-1-2-8-9(5-7)14-6-10(13)11-8/h1-2,4-5H,3,6H2,(H,11,13). The highest BCUT2D eigenvalue weighted by atomic mass is 32.2. The van der Waals surface area contributed by atoms with Crippen LogP contribution < -0.4 is 5.32 Å². The molecule has 14 heavy (non-hydrogen) atoms. The van der Waals surface area contributed by atoms with Crippen LogP contribution in [0.5, 0.6) is 0 Å². The number of hydrogen-bond acceptors (Lipinski definition) is 3. The van der Waals surface area contributed by atoms with Gasteiger partial charge in [-0.05, 0) is 17.7 Å². The predicted octanol–water partition coefficient (Wildman–Crippen LogP) is 1.47. The van der Waals surface area contributed by atoms with E-state index >= 15 is 0 Å². The third kappa shape index (κ3) is 1.80. The van der Waals surface area contributed by atoms with Crippen molar-refractivity contribution in [2.45, 2.75) is 11.3 Å². The molecule has 3 nitrogen and oxygen atoms in total. The van der Waals surface area contributed by atoms with E-state index in [0.29, 0.717) is 12.2 Å². The minimum Gasteiger partial charge on any atom is -0.324 e. The van der Waals surface area contributed by atoms with E-state index in [1.165, 1.54) is 11.8 Å². The number of thioether (sulfide) groups is 1. The topological polar surface area (TPSA) is 46.2 Å². The van der Waals surface area contributed by atoms with Crippen LogP contribution in [-0.4, -0.2) is 17.9 Å². The van der Waals surface area contributed by atoms with Crippen molar-refractivity contribution in [3.8, 4) is 0 Å². The van der Waals surface area contributed by atoms with Gasteiger partial charge in [0.1, 0.15) is 6.29 Å². The fraction of sp³-hybridized carbons (Fsp3) is 0.200. The molecule has 0 fully saturated rings. The minimum absolute atomic E-state index is 0.0330. The minimum atomic E-state index is 0.0330. The highest BCUT2D eigenvalue weighted by molar-refractivity contribution is 8.00. The summed E-state index contributed by atoms with van der Waals surface area (Å²) in [5, 5.41) is 2.78. The lowest BCUT2D eigenvalue weighted by molar-refractivity contribution is -0.114. The van der Waals surface area contributed by atoms with Gasteiger partial charge in [0.25, 0.3) is 0 Å². The van der Waals surface area contributed by atoms with Crippen LogP contribution in [0.1, 0.15) is 5.56 Å².